The summed E-state index contributed by atoms with van der Waals surface area (Å²) in [4.78, 5) is 12.7. The largest absolute Gasteiger partial charge is 0.493 e. The first-order valence-electron chi connectivity index (χ1n) is 10.5. The van der Waals surface area contributed by atoms with Crippen molar-refractivity contribution in [2.45, 2.75) is 32.5 Å². The van der Waals surface area contributed by atoms with Gasteiger partial charge in [-0.05, 0) is 49.2 Å². The molecule has 0 bridgehead atoms. The number of carbonyl (C=O) groups is 1. The van der Waals surface area contributed by atoms with Crippen LogP contribution in [0.1, 0.15) is 36.5 Å². The Bertz CT molecular complexity index is 1230. The molecule has 1 aliphatic heterocycles. The molecule has 7 nitrogen and oxygen atoms in total. The van der Waals surface area contributed by atoms with Gasteiger partial charge in [-0.2, -0.15) is 18.4 Å². The van der Waals surface area contributed by atoms with E-state index in [1.54, 1.807) is 32.0 Å². The van der Waals surface area contributed by atoms with Gasteiger partial charge >= 0.3 is 12.1 Å². The van der Waals surface area contributed by atoms with Gasteiger partial charge in [-0.25, -0.2) is 4.79 Å². The molecule has 0 aliphatic carbocycles. The fraction of sp³-hybridized carbons (Fsp3) is 0.280. The molecule has 184 valence electrons. The molecule has 35 heavy (non-hydrogen) atoms. The lowest BCUT2D eigenvalue weighted by Gasteiger charge is -2.27. The molecule has 1 atom stereocenters. The van der Waals surface area contributed by atoms with Crippen molar-refractivity contribution < 1.29 is 36.9 Å². The number of hydrogen-bond donors (Lipinski definition) is 1. The number of halogens is 3. The molecule has 0 unspecified atom stereocenters. The van der Waals surface area contributed by atoms with E-state index in [2.05, 4.69) is 0 Å². The fourth-order valence-corrected chi connectivity index (χ4v) is 3.67. The number of carbonyl (C=O) groups excluding carboxylic acids is 1. The molecule has 2 N–H and O–H groups in total. The number of allylic oxidation sites excluding steroid dienone is 2. The van der Waals surface area contributed by atoms with Gasteiger partial charge in [0, 0.05) is 0 Å². The van der Waals surface area contributed by atoms with Gasteiger partial charge in [0.1, 0.15) is 24.0 Å². The van der Waals surface area contributed by atoms with Crippen molar-refractivity contribution in [2.24, 2.45) is 5.73 Å². The summed E-state index contributed by atoms with van der Waals surface area (Å²) in [7, 11) is 1.39. The summed E-state index contributed by atoms with van der Waals surface area (Å²) >= 11 is 0. The molecule has 0 saturated carbocycles. The summed E-state index contributed by atoms with van der Waals surface area (Å²) < 4.78 is 60.6. The van der Waals surface area contributed by atoms with Gasteiger partial charge in [0.15, 0.2) is 11.5 Å². The average Bonchev–Trinajstić information content (AvgIpc) is 2.82. The van der Waals surface area contributed by atoms with Gasteiger partial charge < -0.3 is 24.7 Å². The van der Waals surface area contributed by atoms with Crippen LogP contribution in [0.2, 0.25) is 0 Å². The first-order valence-corrected chi connectivity index (χ1v) is 10.5. The summed E-state index contributed by atoms with van der Waals surface area (Å²) in [6.45, 7) is 3.18. The average molecular weight is 488 g/mol. The van der Waals surface area contributed by atoms with E-state index in [0.717, 1.165) is 12.1 Å². The number of rotatable bonds is 7. The normalized spacial score (nSPS) is 15.9. The predicted molar refractivity (Wildman–Crippen MR) is 119 cm³/mol. The minimum absolute atomic E-state index is 0.0262. The molecular weight excluding hydrogens is 465 g/mol. The highest BCUT2D eigenvalue weighted by Gasteiger charge is 2.36. The van der Waals surface area contributed by atoms with E-state index in [1.807, 2.05) is 6.07 Å². The highest BCUT2D eigenvalue weighted by atomic mass is 19.4. The lowest BCUT2D eigenvalue weighted by Crippen LogP contribution is -2.25. The number of methoxy groups -OCH3 is 1. The zero-order valence-electron chi connectivity index (χ0n) is 19.2. The molecular formula is C25H23F3N2O5. The third-order valence-corrected chi connectivity index (χ3v) is 5.27. The molecule has 0 aromatic heterocycles. The number of hydrogen-bond acceptors (Lipinski definition) is 7. The maximum absolute atomic E-state index is 13.0. The topological polar surface area (TPSA) is 104 Å². The van der Waals surface area contributed by atoms with E-state index in [-0.39, 0.29) is 47.5 Å². The molecule has 10 heteroatoms. The Kier molecular flexibility index (Phi) is 7.59. The van der Waals surface area contributed by atoms with Gasteiger partial charge in [-0.15, -0.1) is 0 Å². The third-order valence-electron chi connectivity index (χ3n) is 5.27. The quantitative estimate of drug-likeness (QED) is 0.551. The van der Waals surface area contributed by atoms with Crippen LogP contribution in [-0.4, -0.2) is 19.7 Å². The number of benzene rings is 2. The monoisotopic (exact) mass is 488 g/mol. The number of ether oxygens (including phenoxy) is 4. The number of nitrogens with two attached hydrogens (primary N) is 1. The van der Waals surface area contributed by atoms with E-state index in [1.165, 1.54) is 19.2 Å². The Morgan fingerprint density at radius 2 is 1.94 bits per heavy atom. The number of alkyl halides is 3. The van der Waals surface area contributed by atoms with E-state index >= 15 is 0 Å². The zero-order chi connectivity index (χ0) is 25.8. The van der Waals surface area contributed by atoms with E-state index in [4.69, 9.17) is 24.7 Å². The van der Waals surface area contributed by atoms with Gasteiger partial charge in [0.25, 0.3) is 0 Å². The van der Waals surface area contributed by atoms with Crippen LogP contribution in [0.25, 0.3) is 0 Å². The van der Waals surface area contributed by atoms with Gasteiger partial charge in [-0.1, -0.05) is 18.2 Å². The lowest BCUT2D eigenvalue weighted by molar-refractivity contribution is -0.139. The molecule has 2 aromatic rings. The summed E-state index contributed by atoms with van der Waals surface area (Å²) in [5.41, 5.74) is 6.09. The van der Waals surface area contributed by atoms with Crippen molar-refractivity contribution in [1.29, 1.82) is 5.26 Å². The number of nitriles is 1. The van der Waals surface area contributed by atoms with Gasteiger partial charge in [-0.3, -0.25) is 0 Å². The second kappa shape index (κ2) is 10.4. The number of esters is 1. The second-order valence-electron chi connectivity index (χ2n) is 7.51. The fourth-order valence-electron chi connectivity index (χ4n) is 3.67. The third kappa shape index (κ3) is 5.51. The van der Waals surface area contributed by atoms with Crippen molar-refractivity contribution in [1.82, 2.24) is 0 Å². The molecule has 2 aromatic carbocycles. The van der Waals surface area contributed by atoms with E-state index in [9.17, 15) is 23.2 Å². The first kappa shape index (κ1) is 25.5. The standard InChI is InChI=1S/C25H23F3N2O5/c1-4-33-24(31)21-14(2)35-23(30)18(12-29)22(21)16-8-9-19(20(11-16)32-3)34-13-15-6-5-7-17(10-15)25(26,27)28/h5-11,22H,4,13,30H2,1-3H3/t22-/m0/s1. The summed E-state index contributed by atoms with van der Waals surface area (Å²) in [5.74, 6) is -0.953. The first-order chi connectivity index (χ1) is 16.6. The Morgan fingerprint density at radius 1 is 1.20 bits per heavy atom. The Morgan fingerprint density at radius 3 is 2.57 bits per heavy atom. The van der Waals surface area contributed by atoms with Crippen LogP contribution in [0, 0.1) is 11.3 Å². The molecule has 0 amide bonds. The van der Waals surface area contributed by atoms with Crippen LogP contribution in [0.4, 0.5) is 13.2 Å². The Labute approximate surface area is 200 Å². The van der Waals surface area contributed by atoms with Crippen molar-refractivity contribution in [3.05, 3.63) is 81.9 Å². The minimum Gasteiger partial charge on any atom is -0.493 e. The molecule has 0 radical (unpaired) electrons. The SMILES string of the molecule is CCOC(=O)C1=C(C)OC(N)=C(C#N)[C@@H]1c1ccc(OCc2cccc(C(F)(F)F)c2)c(OC)c1. The maximum atomic E-state index is 13.0. The van der Waals surface area contributed by atoms with Gasteiger partial charge in [0.2, 0.25) is 5.88 Å². The second-order valence-corrected chi connectivity index (χ2v) is 7.51. The molecule has 1 aliphatic rings. The van der Waals surface area contributed by atoms with Crippen molar-refractivity contribution >= 4 is 5.97 Å². The van der Waals surface area contributed by atoms with Crippen LogP contribution in [-0.2, 0) is 27.1 Å². The lowest BCUT2D eigenvalue weighted by atomic mass is 9.83. The zero-order valence-corrected chi connectivity index (χ0v) is 19.2. The van der Waals surface area contributed by atoms with Crippen molar-refractivity contribution in [3.8, 4) is 17.6 Å². The smallest absolute Gasteiger partial charge is 0.416 e. The highest BCUT2D eigenvalue weighted by molar-refractivity contribution is 5.92. The Balaban J connectivity index is 1.95. The van der Waals surface area contributed by atoms with Crippen molar-refractivity contribution in [3.63, 3.8) is 0 Å². The molecule has 0 spiro atoms. The molecule has 0 fully saturated rings. The van der Waals surface area contributed by atoms with E-state index < -0.39 is 23.6 Å². The van der Waals surface area contributed by atoms with Crippen LogP contribution < -0.4 is 15.2 Å². The van der Waals surface area contributed by atoms with Gasteiger partial charge in [0.05, 0.1) is 30.8 Å². The highest BCUT2D eigenvalue weighted by Crippen LogP contribution is 2.42. The summed E-state index contributed by atoms with van der Waals surface area (Å²) in [5, 5.41) is 9.70. The predicted octanol–water partition coefficient (Wildman–Crippen LogP) is 4.94. The maximum Gasteiger partial charge on any atom is 0.416 e. The summed E-state index contributed by atoms with van der Waals surface area (Å²) in [6, 6.07) is 11.5. The Hall–Kier alpha value is -4.13. The molecule has 3 rings (SSSR count). The minimum atomic E-state index is -4.46. The van der Waals surface area contributed by atoms with Crippen LogP contribution in [0.15, 0.2) is 65.3 Å². The molecule has 0 saturated heterocycles. The number of nitrogens with zero attached hydrogens (tertiary/aromatic N) is 1. The molecule has 1 heterocycles. The van der Waals surface area contributed by atoms with Crippen LogP contribution in [0.3, 0.4) is 0 Å². The van der Waals surface area contributed by atoms with Crippen molar-refractivity contribution in [2.75, 3.05) is 13.7 Å². The van der Waals surface area contributed by atoms with Crippen LogP contribution in [0.5, 0.6) is 11.5 Å². The summed E-state index contributed by atoms with van der Waals surface area (Å²) in [6.07, 6.45) is -4.46. The van der Waals surface area contributed by atoms with Crippen LogP contribution >= 0.6 is 0 Å². The van der Waals surface area contributed by atoms with E-state index in [0.29, 0.717) is 11.1 Å².